The molecular weight excluding hydrogens is 115 g/mol. The maximum atomic E-state index is 5.49. The van der Waals surface area contributed by atoms with E-state index < -0.39 is 5.69 Å². The van der Waals surface area contributed by atoms with Gasteiger partial charge in [0.1, 0.15) is 5.69 Å². The third kappa shape index (κ3) is 4.49. The van der Waals surface area contributed by atoms with Gasteiger partial charge in [-0.3, -0.25) is 0 Å². The first-order valence-corrected chi connectivity index (χ1v) is 3.19. The summed E-state index contributed by atoms with van der Waals surface area (Å²) in [6.07, 6.45) is 0. The highest BCUT2D eigenvalue weighted by atomic mass is 16.7. The van der Waals surface area contributed by atoms with E-state index in [2.05, 4.69) is 0 Å². The zero-order valence-electron chi connectivity index (χ0n) is 6.31. The molecular formula is C6H13BO2. The molecule has 3 heteroatoms. The first-order valence-electron chi connectivity index (χ1n) is 3.19. The van der Waals surface area contributed by atoms with E-state index >= 15 is 0 Å². The second kappa shape index (κ2) is 3.91. The average Bonchev–Trinajstić information content (AvgIpc) is 1.64. The summed E-state index contributed by atoms with van der Waals surface area (Å²) < 4.78 is 10.1. The minimum atomic E-state index is -0.899. The van der Waals surface area contributed by atoms with Crippen LogP contribution < -0.4 is 0 Å². The van der Waals surface area contributed by atoms with E-state index in [0.29, 0.717) is 13.2 Å². The van der Waals surface area contributed by atoms with E-state index in [4.69, 9.17) is 17.3 Å². The van der Waals surface area contributed by atoms with Gasteiger partial charge in [-0.2, -0.15) is 0 Å². The maximum Gasteiger partial charge on any atom is 0.153 e. The number of rotatable bonds is 4. The summed E-state index contributed by atoms with van der Waals surface area (Å²) in [4.78, 5) is 0. The van der Waals surface area contributed by atoms with Gasteiger partial charge in [-0.1, -0.05) is 0 Å². The molecule has 0 bridgehead atoms. The Morgan fingerprint density at radius 1 is 1.22 bits per heavy atom. The van der Waals surface area contributed by atoms with Crippen molar-refractivity contribution < 1.29 is 9.47 Å². The lowest BCUT2D eigenvalue weighted by atomic mass is 9.97. The first kappa shape index (κ1) is 8.98. The summed E-state index contributed by atoms with van der Waals surface area (Å²) in [5.74, 6) is 0. The molecule has 0 N–H and O–H groups in total. The van der Waals surface area contributed by atoms with Crippen LogP contribution in [-0.4, -0.2) is 26.7 Å². The molecule has 0 aliphatic carbocycles. The molecule has 0 unspecified atom stereocenters. The monoisotopic (exact) mass is 128 g/mol. The fourth-order valence-corrected chi connectivity index (χ4v) is 0.615. The van der Waals surface area contributed by atoms with E-state index in [0.717, 1.165) is 0 Å². The van der Waals surface area contributed by atoms with Crippen molar-refractivity contribution in [1.29, 1.82) is 0 Å². The van der Waals surface area contributed by atoms with Gasteiger partial charge in [-0.15, -0.1) is 0 Å². The van der Waals surface area contributed by atoms with Crippen LogP contribution in [0.2, 0.25) is 0 Å². The lowest BCUT2D eigenvalue weighted by Gasteiger charge is -2.24. The van der Waals surface area contributed by atoms with Crippen molar-refractivity contribution in [1.82, 2.24) is 0 Å². The molecule has 0 atom stereocenters. The molecule has 0 spiro atoms. The topological polar surface area (TPSA) is 18.5 Å². The molecule has 0 fully saturated rings. The van der Waals surface area contributed by atoms with Crippen LogP contribution in [0.4, 0.5) is 0 Å². The lowest BCUT2D eigenvalue weighted by molar-refractivity contribution is -0.160. The van der Waals surface area contributed by atoms with Crippen LogP contribution in [0.25, 0.3) is 0 Å². The summed E-state index contributed by atoms with van der Waals surface area (Å²) in [6, 6.07) is 0. The molecule has 0 aromatic heterocycles. The molecule has 0 aliphatic rings. The standard InChI is InChI=1S/C6H13BO2/c1-4-8-6(3,7)9-5-2/h4-5H2,1-3H3. The minimum absolute atomic E-state index is 0.576. The Morgan fingerprint density at radius 3 is 1.78 bits per heavy atom. The molecule has 0 aromatic rings. The molecule has 0 amide bonds. The summed E-state index contributed by atoms with van der Waals surface area (Å²) in [5, 5.41) is 0. The Labute approximate surface area is 57.9 Å². The van der Waals surface area contributed by atoms with Gasteiger partial charge in [0.05, 0.1) is 0 Å². The van der Waals surface area contributed by atoms with Crippen molar-refractivity contribution in [2.45, 2.75) is 26.5 Å². The van der Waals surface area contributed by atoms with Gasteiger partial charge >= 0.3 is 0 Å². The van der Waals surface area contributed by atoms with E-state index in [1.165, 1.54) is 0 Å². The SMILES string of the molecule is [B]C(C)(OCC)OCC. The molecule has 0 aromatic carbocycles. The van der Waals surface area contributed by atoms with Crippen LogP contribution >= 0.6 is 0 Å². The summed E-state index contributed by atoms with van der Waals surface area (Å²) in [6.45, 7) is 6.61. The number of hydrogen-bond donors (Lipinski definition) is 0. The van der Waals surface area contributed by atoms with Gasteiger partial charge in [-0.25, -0.2) is 0 Å². The molecule has 0 heterocycles. The Balaban J connectivity index is 3.43. The van der Waals surface area contributed by atoms with Crippen molar-refractivity contribution >= 4 is 7.85 Å². The second-order valence-electron chi connectivity index (χ2n) is 1.88. The molecule has 2 radical (unpaired) electrons. The summed E-state index contributed by atoms with van der Waals surface area (Å²) >= 11 is 0. The van der Waals surface area contributed by atoms with Gasteiger partial charge in [0.25, 0.3) is 0 Å². The van der Waals surface area contributed by atoms with E-state index in [1.54, 1.807) is 6.92 Å². The van der Waals surface area contributed by atoms with E-state index in [9.17, 15) is 0 Å². The Hall–Kier alpha value is -0.0151. The van der Waals surface area contributed by atoms with Gasteiger partial charge < -0.3 is 9.47 Å². The smallest absolute Gasteiger partial charge is 0.153 e. The van der Waals surface area contributed by atoms with Gasteiger partial charge in [-0.05, 0) is 20.8 Å². The van der Waals surface area contributed by atoms with Gasteiger partial charge in [0, 0.05) is 13.2 Å². The molecule has 2 nitrogen and oxygen atoms in total. The fraction of sp³-hybridized carbons (Fsp3) is 1.00. The zero-order chi connectivity index (χ0) is 7.33. The van der Waals surface area contributed by atoms with E-state index in [1.807, 2.05) is 13.8 Å². The Kier molecular flexibility index (Phi) is 3.90. The highest BCUT2D eigenvalue weighted by Gasteiger charge is 2.14. The highest BCUT2D eigenvalue weighted by molar-refractivity contribution is 6.13. The molecule has 0 rings (SSSR count). The second-order valence-corrected chi connectivity index (χ2v) is 1.88. The quantitative estimate of drug-likeness (QED) is 0.413. The van der Waals surface area contributed by atoms with Crippen molar-refractivity contribution in [2.24, 2.45) is 0 Å². The summed E-state index contributed by atoms with van der Waals surface area (Å²) in [5.41, 5.74) is -0.899. The molecule has 0 saturated carbocycles. The summed E-state index contributed by atoms with van der Waals surface area (Å²) in [7, 11) is 5.49. The van der Waals surface area contributed by atoms with Crippen molar-refractivity contribution in [3.63, 3.8) is 0 Å². The maximum absolute atomic E-state index is 5.49. The number of ether oxygens (including phenoxy) is 2. The van der Waals surface area contributed by atoms with Crippen molar-refractivity contribution in [2.75, 3.05) is 13.2 Å². The van der Waals surface area contributed by atoms with Crippen LogP contribution in [0.5, 0.6) is 0 Å². The van der Waals surface area contributed by atoms with Crippen LogP contribution in [-0.2, 0) is 9.47 Å². The van der Waals surface area contributed by atoms with Crippen molar-refractivity contribution in [3.8, 4) is 0 Å². The number of hydrogen-bond acceptors (Lipinski definition) is 2. The predicted octanol–water partition coefficient (Wildman–Crippen LogP) is 0.902. The predicted molar refractivity (Wildman–Crippen MR) is 37.4 cm³/mol. The molecule has 0 aliphatic heterocycles. The van der Waals surface area contributed by atoms with Crippen LogP contribution in [0.1, 0.15) is 20.8 Å². The normalized spacial score (nSPS) is 11.9. The Bertz CT molecular complexity index is 65.5. The third-order valence-corrected chi connectivity index (χ3v) is 0.862. The molecule has 52 valence electrons. The average molecular weight is 128 g/mol. The largest absolute Gasteiger partial charge is 0.360 e. The lowest BCUT2D eigenvalue weighted by Crippen LogP contribution is -2.32. The van der Waals surface area contributed by atoms with Gasteiger partial charge in [0.2, 0.25) is 0 Å². The zero-order valence-corrected chi connectivity index (χ0v) is 6.31. The minimum Gasteiger partial charge on any atom is -0.360 e. The third-order valence-electron chi connectivity index (χ3n) is 0.862. The first-order chi connectivity index (χ1) is 4.12. The van der Waals surface area contributed by atoms with Crippen LogP contribution in [0.3, 0.4) is 0 Å². The molecule has 0 saturated heterocycles. The van der Waals surface area contributed by atoms with Crippen molar-refractivity contribution in [3.05, 3.63) is 0 Å². The van der Waals surface area contributed by atoms with Crippen LogP contribution in [0.15, 0.2) is 0 Å². The van der Waals surface area contributed by atoms with E-state index in [-0.39, 0.29) is 0 Å². The molecule has 9 heavy (non-hydrogen) atoms. The Morgan fingerprint density at radius 2 is 1.56 bits per heavy atom. The highest BCUT2D eigenvalue weighted by Crippen LogP contribution is 2.05. The van der Waals surface area contributed by atoms with Crippen LogP contribution in [0, 0.1) is 0 Å². The fourth-order valence-electron chi connectivity index (χ4n) is 0.615. The van der Waals surface area contributed by atoms with Gasteiger partial charge in [0.15, 0.2) is 7.85 Å².